The summed E-state index contributed by atoms with van der Waals surface area (Å²) in [6.45, 7) is 6.83. The van der Waals surface area contributed by atoms with Crippen molar-refractivity contribution in [1.29, 1.82) is 0 Å². The molecule has 1 aromatic rings. The number of aromatic nitrogens is 2. The standard InChI is InChI=1S/C15H26N4/c1-11-13(16-4)17-10-18-14(11)19(5)12-6-8-15(2,3)9-7-12/h10,12H,6-9H2,1-5H3,(H,16,17,18). The number of nitrogens with one attached hydrogen (secondary N) is 1. The second-order valence-electron chi connectivity index (χ2n) is 6.43. The van der Waals surface area contributed by atoms with Crippen LogP contribution in [0.25, 0.3) is 0 Å². The molecule has 1 N–H and O–H groups in total. The third-order valence-corrected chi connectivity index (χ3v) is 4.48. The molecule has 2 rings (SSSR count). The highest BCUT2D eigenvalue weighted by Gasteiger charge is 2.29. The minimum atomic E-state index is 0.508. The van der Waals surface area contributed by atoms with Crippen LogP contribution in [-0.4, -0.2) is 30.1 Å². The molecule has 0 spiro atoms. The van der Waals surface area contributed by atoms with Crippen molar-refractivity contribution in [3.63, 3.8) is 0 Å². The lowest BCUT2D eigenvalue weighted by molar-refractivity contribution is 0.222. The van der Waals surface area contributed by atoms with Gasteiger partial charge in [0.1, 0.15) is 18.0 Å². The largest absolute Gasteiger partial charge is 0.373 e. The van der Waals surface area contributed by atoms with Crippen molar-refractivity contribution in [3.05, 3.63) is 11.9 Å². The van der Waals surface area contributed by atoms with E-state index in [1.807, 2.05) is 7.05 Å². The van der Waals surface area contributed by atoms with Gasteiger partial charge in [0.2, 0.25) is 0 Å². The maximum atomic E-state index is 4.47. The van der Waals surface area contributed by atoms with Gasteiger partial charge in [-0.2, -0.15) is 0 Å². The number of hydrogen-bond donors (Lipinski definition) is 1. The summed E-state index contributed by atoms with van der Waals surface area (Å²) in [5.41, 5.74) is 1.64. The average Bonchev–Trinajstić information content (AvgIpc) is 2.38. The molecule has 19 heavy (non-hydrogen) atoms. The van der Waals surface area contributed by atoms with Gasteiger partial charge < -0.3 is 10.2 Å². The van der Waals surface area contributed by atoms with Crippen LogP contribution in [-0.2, 0) is 0 Å². The Morgan fingerprint density at radius 3 is 2.47 bits per heavy atom. The van der Waals surface area contributed by atoms with E-state index in [4.69, 9.17) is 0 Å². The van der Waals surface area contributed by atoms with Crippen LogP contribution >= 0.6 is 0 Å². The number of hydrogen-bond acceptors (Lipinski definition) is 4. The number of nitrogens with zero attached hydrogens (tertiary/aromatic N) is 3. The zero-order valence-corrected chi connectivity index (χ0v) is 12.8. The maximum absolute atomic E-state index is 4.47. The summed E-state index contributed by atoms with van der Waals surface area (Å²) >= 11 is 0. The van der Waals surface area contributed by atoms with Gasteiger partial charge in [0.25, 0.3) is 0 Å². The molecule has 0 atom stereocenters. The van der Waals surface area contributed by atoms with Gasteiger partial charge in [-0.05, 0) is 38.0 Å². The number of rotatable bonds is 3. The minimum Gasteiger partial charge on any atom is -0.373 e. The molecule has 1 fully saturated rings. The molecule has 1 aromatic heterocycles. The van der Waals surface area contributed by atoms with Crippen molar-refractivity contribution in [3.8, 4) is 0 Å². The van der Waals surface area contributed by atoms with Gasteiger partial charge in [-0.15, -0.1) is 0 Å². The Balaban J connectivity index is 2.14. The van der Waals surface area contributed by atoms with E-state index in [1.54, 1.807) is 6.33 Å². The van der Waals surface area contributed by atoms with Crippen LogP contribution in [0.1, 0.15) is 45.1 Å². The fraction of sp³-hybridized carbons (Fsp3) is 0.733. The van der Waals surface area contributed by atoms with E-state index in [0.717, 1.165) is 17.2 Å². The summed E-state index contributed by atoms with van der Waals surface area (Å²) < 4.78 is 0. The average molecular weight is 262 g/mol. The minimum absolute atomic E-state index is 0.508. The van der Waals surface area contributed by atoms with E-state index >= 15 is 0 Å². The molecule has 0 aliphatic heterocycles. The van der Waals surface area contributed by atoms with Crippen molar-refractivity contribution in [2.75, 3.05) is 24.3 Å². The van der Waals surface area contributed by atoms with E-state index in [1.165, 1.54) is 25.7 Å². The molecule has 1 heterocycles. The van der Waals surface area contributed by atoms with Crippen molar-refractivity contribution in [2.45, 2.75) is 52.5 Å². The molecule has 106 valence electrons. The molecule has 0 radical (unpaired) electrons. The molecule has 4 heteroatoms. The van der Waals surface area contributed by atoms with Gasteiger partial charge in [0.05, 0.1) is 0 Å². The van der Waals surface area contributed by atoms with Crippen molar-refractivity contribution >= 4 is 11.6 Å². The molecule has 4 nitrogen and oxygen atoms in total. The summed E-state index contributed by atoms with van der Waals surface area (Å²) in [6.07, 6.45) is 6.75. The maximum Gasteiger partial charge on any atom is 0.137 e. The summed E-state index contributed by atoms with van der Waals surface area (Å²) in [6, 6.07) is 0.603. The van der Waals surface area contributed by atoms with E-state index in [9.17, 15) is 0 Å². The Morgan fingerprint density at radius 1 is 1.26 bits per heavy atom. The smallest absolute Gasteiger partial charge is 0.137 e. The Kier molecular flexibility index (Phi) is 3.97. The summed E-state index contributed by atoms with van der Waals surface area (Å²) in [5.74, 6) is 1.98. The zero-order valence-electron chi connectivity index (χ0n) is 12.8. The summed E-state index contributed by atoms with van der Waals surface area (Å²) in [5, 5.41) is 3.13. The van der Waals surface area contributed by atoms with Gasteiger partial charge in [-0.25, -0.2) is 9.97 Å². The molecule has 1 aliphatic rings. The third-order valence-electron chi connectivity index (χ3n) is 4.48. The molecule has 0 amide bonds. The molecular formula is C15H26N4. The zero-order chi connectivity index (χ0) is 14.0. The van der Waals surface area contributed by atoms with Crippen LogP contribution in [0.3, 0.4) is 0 Å². The van der Waals surface area contributed by atoms with E-state index in [2.05, 4.69) is 48.0 Å². The van der Waals surface area contributed by atoms with Crippen LogP contribution in [0.15, 0.2) is 6.33 Å². The fourth-order valence-corrected chi connectivity index (χ4v) is 2.99. The van der Waals surface area contributed by atoms with Crippen LogP contribution in [0.5, 0.6) is 0 Å². The topological polar surface area (TPSA) is 41.1 Å². The lowest BCUT2D eigenvalue weighted by Crippen LogP contribution is -2.38. The normalized spacial score (nSPS) is 19.2. The van der Waals surface area contributed by atoms with E-state index < -0.39 is 0 Å². The highest BCUT2D eigenvalue weighted by molar-refractivity contribution is 5.57. The first-order valence-corrected chi connectivity index (χ1v) is 7.17. The van der Waals surface area contributed by atoms with Crippen molar-refractivity contribution in [1.82, 2.24) is 9.97 Å². The molecular weight excluding hydrogens is 236 g/mol. The third kappa shape index (κ3) is 2.99. The molecule has 1 aliphatic carbocycles. The van der Waals surface area contributed by atoms with Crippen LogP contribution < -0.4 is 10.2 Å². The predicted octanol–water partition coefficient (Wildman–Crippen LogP) is 3.23. The van der Waals surface area contributed by atoms with Gasteiger partial charge in [-0.1, -0.05) is 13.8 Å². The van der Waals surface area contributed by atoms with Crippen molar-refractivity contribution < 1.29 is 0 Å². The molecule has 0 saturated heterocycles. The molecule has 0 aromatic carbocycles. The number of anilines is 2. The SMILES string of the molecule is CNc1ncnc(N(C)C2CCC(C)(C)CC2)c1C. The second-order valence-corrected chi connectivity index (χ2v) is 6.43. The predicted molar refractivity (Wildman–Crippen MR) is 80.8 cm³/mol. The second kappa shape index (κ2) is 5.35. The van der Waals surface area contributed by atoms with Gasteiger partial charge in [0, 0.05) is 25.7 Å². The Morgan fingerprint density at radius 2 is 1.89 bits per heavy atom. The lowest BCUT2D eigenvalue weighted by Gasteiger charge is -2.39. The first kappa shape index (κ1) is 14.1. The quantitative estimate of drug-likeness (QED) is 0.908. The monoisotopic (exact) mass is 262 g/mol. The van der Waals surface area contributed by atoms with E-state index in [-0.39, 0.29) is 0 Å². The van der Waals surface area contributed by atoms with Crippen LogP contribution in [0, 0.1) is 12.3 Å². The highest BCUT2D eigenvalue weighted by atomic mass is 15.2. The van der Waals surface area contributed by atoms with Gasteiger partial charge in [0.15, 0.2) is 0 Å². The molecule has 1 saturated carbocycles. The molecule has 0 bridgehead atoms. The van der Waals surface area contributed by atoms with Crippen molar-refractivity contribution in [2.24, 2.45) is 5.41 Å². The first-order valence-electron chi connectivity index (χ1n) is 7.17. The Labute approximate surface area is 116 Å². The molecule has 0 unspecified atom stereocenters. The fourth-order valence-electron chi connectivity index (χ4n) is 2.99. The van der Waals surface area contributed by atoms with Gasteiger partial charge >= 0.3 is 0 Å². The lowest BCUT2D eigenvalue weighted by atomic mass is 9.75. The van der Waals surface area contributed by atoms with Crippen LogP contribution in [0.2, 0.25) is 0 Å². The van der Waals surface area contributed by atoms with Crippen LogP contribution in [0.4, 0.5) is 11.6 Å². The first-order chi connectivity index (χ1) is 8.94. The summed E-state index contributed by atoms with van der Waals surface area (Å²) in [7, 11) is 4.07. The Bertz CT molecular complexity index is 432. The summed E-state index contributed by atoms with van der Waals surface area (Å²) in [4.78, 5) is 11.1. The van der Waals surface area contributed by atoms with Gasteiger partial charge in [-0.3, -0.25) is 0 Å². The van der Waals surface area contributed by atoms with E-state index in [0.29, 0.717) is 11.5 Å². The Hall–Kier alpha value is -1.32. The highest BCUT2D eigenvalue weighted by Crippen LogP contribution is 2.38.